The second-order valence-corrected chi connectivity index (χ2v) is 6.84. The van der Waals surface area contributed by atoms with Crippen LogP contribution in [0.5, 0.6) is 0 Å². The summed E-state index contributed by atoms with van der Waals surface area (Å²) in [5, 5.41) is 0. The lowest BCUT2D eigenvalue weighted by Crippen LogP contribution is -2.53. The van der Waals surface area contributed by atoms with Crippen molar-refractivity contribution >= 4 is 11.6 Å². The van der Waals surface area contributed by atoms with E-state index in [1.165, 1.54) is 12.0 Å². The molecular formula is C18H27N3O. The molecule has 0 aliphatic carbocycles. The summed E-state index contributed by atoms with van der Waals surface area (Å²) in [7, 11) is 0. The van der Waals surface area contributed by atoms with Gasteiger partial charge >= 0.3 is 0 Å². The summed E-state index contributed by atoms with van der Waals surface area (Å²) in [5.41, 5.74) is 8.33. The number of piperidine rings is 1. The molecule has 3 atom stereocenters. The number of nitrogens with two attached hydrogens (primary N) is 1. The average molecular weight is 301 g/mol. The van der Waals surface area contributed by atoms with E-state index in [2.05, 4.69) is 36.9 Å². The molecule has 3 unspecified atom stereocenters. The minimum Gasteiger partial charge on any atom is -0.329 e. The number of likely N-dealkylation sites (tertiary alicyclic amines) is 1. The molecule has 2 N–H and O–H groups in total. The van der Waals surface area contributed by atoms with Crippen LogP contribution in [0.3, 0.4) is 0 Å². The van der Waals surface area contributed by atoms with Crippen molar-refractivity contribution in [2.24, 2.45) is 11.7 Å². The van der Waals surface area contributed by atoms with Crippen LogP contribution in [0.1, 0.15) is 32.3 Å². The fourth-order valence-corrected chi connectivity index (χ4v) is 4.11. The van der Waals surface area contributed by atoms with Crippen molar-refractivity contribution in [2.45, 2.75) is 45.2 Å². The zero-order chi connectivity index (χ0) is 15.7. The lowest BCUT2D eigenvalue weighted by atomic mass is 9.91. The third-order valence-electron chi connectivity index (χ3n) is 5.29. The van der Waals surface area contributed by atoms with E-state index in [0.29, 0.717) is 25.0 Å². The largest absolute Gasteiger partial charge is 0.329 e. The molecule has 4 heteroatoms. The molecule has 2 aliphatic rings. The van der Waals surface area contributed by atoms with Gasteiger partial charge in [-0.3, -0.25) is 9.69 Å². The molecule has 3 rings (SSSR count). The molecule has 22 heavy (non-hydrogen) atoms. The number of carbonyl (C=O) groups is 1. The molecule has 0 spiro atoms. The number of amides is 1. The van der Waals surface area contributed by atoms with E-state index in [9.17, 15) is 4.79 Å². The van der Waals surface area contributed by atoms with E-state index in [0.717, 1.165) is 25.1 Å². The molecule has 2 aliphatic heterocycles. The molecule has 1 aromatic carbocycles. The first-order chi connectivity index (χ1) is 10.6. The Balaban J connectivity index is 1.74. The Hall–Kier alpha value is -1.39. The van der Waals surface area contributed by atoms with Crippen LogP contribution in [0.15, 0.2) is 24.3 Å². The van der Waals surface area contributed by atoms with E-state index >= 15 is 0 Å². The van der Waals surface area contributed by atoms with Crippen molar-refractivity contribution < 1.29 is 4.79 Å². The molecule has 1 amide bonds. The van der Waals surface area contributed by atoms with E-state index in [1.807, 2.05) is 11.0 Å². The first kappa shape index (κ1) is 15.5. The molecule has 120 valence electrons. The van der Waals surface area contributed by atoms with Crippen LogP contribution in [-0.2, 0) is 11.2 Å². The van der Waals surface area contributed by atoms with Gasteiger partial charge < -0.3 is 10.6 Å². The zero-order valence-corrected chi connectivity index (χ0v) is 13.7. The van der Waals surface area contributed by atoms with Crippen molar-refractivity contribution in [3.63, 3.8) is 0 Å². The number of anilines is 1. The molecule has 0 bridgehead atoms. The second kappa shape index (κ2) is 6.39. The highest BCUT2D eigenvalue weighted by atomic mass is 16.2. The van der Waals surface area contributed by atoms with E-state index in [-0.39, 0.29) is 11.9 Å². The van der Waals surface area contributed by atoms with Gasteiger partial charge in [0.15, 0.2) is 0 Å². The smallest absolute Gasteiger partial charge is 0.241 e. The summed E-state index contributed by atoms with van der Waals surface area (Å²) in [6, 6.07) is 8.86. The molecule has 1 saturated heterocycles. The Kier molecular flexibility index (Phi) is 4.50. The Morgan fingerprint density at radius 2 is 2.09 bits per heavy atom. The van der Waals surface area contributed by atoms with Crippen LogP contribution in [0, 0.1) is 5.92 Å². The van der Waals surface area contributed by atoms with E-state index in [4.69, 9.17) is 5.73 Å². The van der Waals surface area contributed by atoms with Gasteiger partial charge in [0, 0.05) is 24.3 Å². The van der Waals surface area contributed by atoms with Crippen molar-refractivity contribution in [1.29, 1.82) is 0 Å². The number of nitrogens with zero attached hydrogens (tertiary/aromatic N) is 2. The van der Waals surface area contributed by atoms with Crippen molar-refractivity contribution in [2.75, 3.05) is 24.5 Å². The number of carbonyl (C=O) groups excluding carboxylic acids is 1. The minimum absolute atomic E-state index is 0.213. The van der Waals surface area contributed by atoms with Crippen LogP contribution in [-0.4, -0.2) is 42.5 Å². The van der Waals surface area contributed by atoms with Crippen molar-refractivity contribution in [1.82, 2.24) is 4.90 Å². The quantitative estimate of drug-likeness (QED) is 0.929. The lowest BCUT2D eigenvalue weighted by Gasteiger charge is -2.40. The monoisotopic (exact) mass is 301 g/mol. The molecule has 0 aromatic heterocycles. The fourth-order valence-electron chi connectivity index (χ4n) is 4.11. The van der Waals surface area contributed by atoms with Gasteiger partial charge in [0.05, 0.1) is 6.54 Å². The van der Waals surface area contributed by atoms with Gasteiger partial charge in [-0.1, -0.05) is 25.1 Å². The van der Waals surface area contributed by atoms with Crippen LogP contribution in [0.25, 0.3) is 0 Å². The number of rotatable bonds is 3. The number of hydrogen-bond donors (Lipinski definition) is 1. The standard InChI is InChI=1S/C18H27N3O/c1-13-6-5-9-20(17(13)11-19)12-18(22)21-14(2)10-15-7-3-4-8-16(15)21/h3-4,7-8,13-14,17H,5-6,9-12,19H2,1-2H3. The summed E-state index contributed by atoms with van der Waals surface area (Å²) in [6.07, 6.45) is 3.34. The topological polar surface area (TPSA) is 49.6 Å². The number of hydrogen-bond acceptors (Lipinski definition) is 3. The van der Waals surface area contributed by atoms with Gasteiger partial charge in [-0.15, -0.1) is 0 Å². The van der Waals surface area contributed by atoms with Crippen LogP contribution in [0.4, 0.5) is 5.69 Å². The van der Waals surface area contributed by atoms with Gasteiger partial charge in [0.2, 0.25) is 5.91 Å². The normalized spacial score (nSPS) is 28.7. The fraction of sp³-hybridized carbons (Fsp3) is 0.611. The summed E-state index contributed by atoms with van der Waals surface area (Å²) >= 11 is 0. The van der Waals surface area contributed by atoms with Gasteiger partial charge in [-0.25, -0.2) is 0 Å². The Morgan fingerprint density at radius 3 is 2.86 bits per heavy atom. The molecule has 0 radical (unpaired) electrons. The molecule has 0 saturated carbocycles. The maximum Gasteiger partial charge on any atom is 0.241 e. The second-order valence-electron chi connectivity index (χ2n) is 6.84. The van der Waals surface area contributed by atoms with Gasteiger partial charge in [-0.2, -0.15) is 0 Å². The van der Waals surface area contributed by atoms with Gasteiger partial charge in [0.1, 0.15) is 0 Å². The number of para-hydroxylation sites is 1. The van der Waals surface area contributed by atoms with E-state index < -0.39 is 0 Å². The SMILES string of the molecule is CC1CCCN(CC(=O)N2c3ccccc3CC2C)C1CN. The molecule has 4 nitrogen and oxygen atoms in total. The summed E-state index contributed by atoms with van der Waals surface area (Å²) in [5.74, 6) is 0.792. The first-order valence-corrected chi connectivity index (χ1v) is 8.46. The molecule has 1 fully saturated rings. The average Bonchev–Trinajstić information content (AvgIpc) is 2.83. The lowest BCUT2D eigenvalue weighted by molar-refractivity contribution is -0.121. The van der Waals surface area contributed by atoms with Crippen LogP contribution in [0.2, 0.25) is 0 Å². The number of benzene rings is 1. The van der Waals surface area contributed by atoms with Crippen LogP contribution < -0.4 is 10.6 Å². The van der Waals surface area contributed by atoms with Crippen molar-refractivity contribution in [3.8, 4) is 0 Å². The Labute approximate surface area is 133 Å². The maximum atomic E-state index is 12.9. The summed E-state index contributed by atoms with van der Waals surface area (Å²) in [6.45, 7) is 6.51. The zero-order valence-electron chi connectivity index (χ0n) is 13.7. The highest BCUT2D eigenvalue weighted by Gasteiger charge is 2.34. The van der Waals surface area contributed by atoms with Crippen LogP contribution >= 0.6 is 0 Å². The van der Waals surface area contributed by atoms with E-state index in [1.54, 1.807) is 0 Å². The third-order valence-corrected chi connectivity index (χ3v) is 5.29. The first-order valence-electron chi connectivity index (χ1n) is 8.46. The Morgan fingerprint density at radius 1 is 1.32 bits per heavy atom. The number of fused-ring (bicyclic) bond motifs is 1. The Bertz CT molecular complexity index is 545. The third kappa shape index (κ3) is 2.77. The van der Waals surface area contributed by atoms with Gasteiger partial charge in [-0.05, 0) is 50.3 Å². The molecule has 2 heterocycles. The highest BCUT2D eigenvalue weighted by molar-refractivity contribution is 5.97. The van der Waals surface area contributed by atoms with Gasteiger partial charge in [0.25, 0.3) is 0 Å². The summed E-state index contributed by atoms with van der Waals surface area (Å²) < 4.78 is 0. The predicted octanol–water partition coefficient (Wildman–Crippen LogP) is 2.02. The summed E-state index contributed by atoms with van der Waals surface area (Å²) in [4.78, 5) is 17.2. The minimum atomic E-state index is 0.213. The van der Waals surface area contributed by atoms with Crippen molar-refractivity contribution in [3.05, 3.63) is 29.8 Å². The molecule has 1 aromatic rings. The predicted molar refractivity (Wildman–Crippen MR) is 89.9 cm³/mol. The highest BCUT2D eigenvalue weighted by Crippen LogP contribution is 2.32. The molecular weight excluding hydrogens is 274 g/mol. The maximum absolute atomic E-state index is 12.9.